The maximum Gasteiger partial charge on any atom is 0.408 e. The van der Waals surface area contributed by atoms with Gasteiger partial charge in [0.05, 0.1) is 0 Å². The lowest BCUT2D eigenvalue weighted by Crippen LogP contribution is -2.46. The van der Waals surface area contributed by atoms with Gasteiger partial charge in [-0.25, -0.2) is 4.79 Å². The van der Waals surface area contributed by atoms with Gasteiger partial charge in [-0.2, -0.15) is 0 Å². The number of carbonyl (C=O) groups excluding carboxylic acids is 2. The van der Waals surface area contributed by atoms with E-state index in [1.807, 2.05) is 44.2 Å². The molecule has 0 aliphatic heterocycles. The molecule has 0 unspecified atom stereocenters. The van der Waals surface area contributed by atoms with Gasteiger partial charge in [-0.15, -0.1) is 0 Å². The van der Waals surface area contributed by atoms with E-state index < -0.39 is 17.7 Å². The summed E-state index contributed by atoms with van der Waals surface area (Å²) in [6.45, 7) is 9.02. The first kappa shape index (κ1) is 17.8. The number of alkyl carbamates (subject to hydrolysis) is 1. The first-order valence-corrected chi connectivity index (χ1v) is 7.29. The highest BCUT2D eigenvalue weighted by atomic mass is 16.6. The Kier molecular flexibility index (Phi) is 6.18. The number of hydrogen-bond donors (Lipinski definition) is 1. The molecule has 0 aromatic heterocycles. The highest BCUT2D eigenvalue weighted by molar-refractivity contribution is 6.01. The third-order valence-electron chi connectivity index (χ3n) is 2.73. The zero-order valence-electron chi connectivity index (χ0n) is 13.8. The van der Waals surface area contributed by atoms with Crippen LogP contribution in [0.2, 0.25) is 0 Å². The maximum absolute atomic E-state index is 12.2. The van der Waals surface area contributed by atoms with Gasteiger partial charge in [-0.3, -0.25) is 4.79 Å². The van der Waals surface area contributed by atoms with Gasteiger partial charge in [0.1, 0.15) is 11.6 Å². The molecule has 0 spiro atoms. The van der Waals surface area contributed by atoms with Crippen molar-refractivity contribution in [2.24, 2.45) is 5.92 Å². The molecular weight excluding hydrogens is 278 g/mol. The monoisotopic (exact) mass is 301 g/mol. The van der Waals surface area contributed by atoms with E-state index in [1.165, 1.54) is 0 Å². The van der Waals surface area contributed by atoms with Crippen molar-refractivity contribution in [2.45, 2.75) is 46.3 Å². The zero-order chi connectivity index (χ0) is 16.8. The summed E-state index contributed by atoms with van der Waals surface area (Å²) in [4.78, 5) is 24.0. The molecule has 1 aromatic rings. The second-order valence-electron chi connectivity index (χ2n) is 6.35. The second-order valence-corrected chi connectivity index (χ2v) is 6.35. The molecule has 1 amide bonds. The van der Waals surface area contributed by atoms with Crippen LogP contribution in [0.4, 0.5) is 4.79 Å². The minimum absolute atomic E-state index is 0.0786. The lowest BCUT2D eigenvalue weighted by molar-refractivity contribution is -0.116. The van der Waals surface area contributed by atoms with Gasteiger partial charge in [0.25, 0.3) is 0 Å². The van der Waals surface area contributed by atoms with Crippen LogP contribution in [0, 0.1) is 17.8 Å². The Morgan fingerprint density at radius 2 is 1.73 bits per heavy atom. The first-order chi connectivity index (χ1) is 10.2. The lowest BCUT2D eigenvalue weighted by atomic mass is 10.00. The predicted octanol–water partition coefficient (Wildman–Crippen LogP) is 3.16. The summed E-state index contributed by atoms with van der Waals surface area (Å²) >= 11 is 0. The van der Waals surface area contributed by atoms with Gasteiger partial charge in [0, 0.05) is 5.56 Å². The molecule has 118 valence electrons. The van der Waals surface area contributed by atoms with E-state index in [0.29, 0.717) is 0 Å². The quantitative estimate of drug-likeness (QED) is 0.873. The largest absolute Gasteiger partial charge is 0.444 e. The van der Waals surface area contributed by atoms with E-state index >= 15 is 0 Å². The molecule has 1 rings (SSSR count). The summed E-state index contributed by atoms with van der Waals surface area (Å²) in [6.07, 6.45) is -0.610. The van der Waals surface area contributed by atoms with Gasteiger partial charge < -0.3 is 10.1 Å². The SMILES string of the molecule is CC(C)[C@H](NC(=O)OC(C)(C)C)C(=O)C#Cc1ccccc1. The van der Waals surface area contributed by atoms with Crippen molar-refractivity contribution < 1.29 is 14.3 Å². The Labute approximate surface area is 132 Å². The van der Waals surface area contributed by atoms with E-state index in [2.05, 4.69) is 17.2 Å². The van der Waals surface area contributed by atoms with E-state index in [9.17, 15) is 9.59 Å². The average molecular weight is 301 g/mol. The molecule has 0 fully saturated rings. The number of ketones is 1. The number of amides is 1. The first-order valence-electron chi connectivity index (χ1n) is 7.29. The number of hydrogen-bond acceptors (Lipinski definition) is 3. The van der Waals surface area contributed by atoms with Crippen LogP contribution < -0.4 is 5.32 Å². The van der Waals surface area contributed by atoms with Crippen LogP contribution in [-0.4, -0.2) is 23.5 Å². The highest BCUT2D eigenvalue weighted by Gasteiger charge is 2.25. The molecule has 4 heteroatoms. The van der Waals surface area contributed by atoms with Gasteiger partial charge in [0.15, 0.2) is 0 Å². The molecule has 0 aliphatic rings. The molecule has 0 saturated carbocycles. The molecule has 1 aromatic carbocycles. The van der Waals surface area contributed by atoms with Gasteiger partial charge in [-0.1, -0.05) is 38.0 Å². The molecule has 4 nitrogen and oxygen atoms in total. The van der Waals surface area contributed by atoms with Crippen LogP contribution in [0.5, 0.6) is 0 Å². The Bertz CT molecular complexity index is 574. The number of nitrogens with one attached hydrogen (secondary N) is 1. The minimum atomic E-state index is -0.689. The normalized spacial score (nSPS) is 12.1. The number of benzene rings is 1. The van der Waals surface area contributed by atoms with E-state index in [4.69, 9.17) is 4.74 Å². The summed E-state index contributed by atoms with van der Waals surface area (Å²) < 4.78 is 5.18. The van der Waals surface area contributed by atoms with Crippen LogP contribution in [-0.2, 0) is 9.53 Å². The summed E-state index contributed by atoms with van der Waals surface area (Å²) in [5.41, 5.74) is 0.153. The van der Waals surface area contributed by atoms with Crippen LogP contribution in [0.25, 0.3) is 0 Å². The highest BCUT2D eigenvalue weighted by Crippen LogP contribution is 2.09. The maximum atomic E-state index is 12.2. The van der Waals surface area contributed by atoms with Crippen molar-refractivity contribution in [1.82, 2.24) is 5.32 Å². The molecule has 1 atom stereocenters. The van der Waals surface area contributed by atoms with Crippen LogP contribution in [0.15, 0.2) is 30.3 Å². The minimum Gasteiger partial charge on any atom is -0.444 e. The Balaban J connectivity index is 2.77. The van der Waals surface area contributed by atoms with Crippen LogP contribution >= 0.6 is 0 Å². The third kappa shape index (κ3) is 6.45. The number of rotatable bonds is 3. The average Bonchev–Trinajstić information content (AvgIpc) is 2.41. The molecule has 0 heterocycles. The Hall–Kier alpha value is -2.28. The van der Waals surface area contributed by atoms with Gasteiger partial charge in [-0.05, 0) is 44.7 Å². The van der Waals surface area contributed by atoms with Crippen molar-refractivity contribution in [3.8, 4) is 11.8 Å². The van der Waals surface area contributed by atoms with E-state index in [0.717, 1.165) is 5.56 Å². The standard InChI is InChI=1S/C18H23NO3/c1-13(2)16(19-17(21)22-18(3,4)5)15(20)12-11-14-9-7-6-8-10-14/h6-10,13,16H,1-5H3,(H,19,21)/t16-/m0/s1. The van der Waals surface area contributed by atoms with Crippen LogP contribution in [0.1, 0.15) is 40.2 Å². The summed E-state index contributed by atoms with van der Waals surface area (Å²) in [7, 11) is 0. The van der Waals surface area contributed by atoms with Crippen molar-refractivity contribution in [2.75, 3.05) is 0 Å². The molecule has 22 heavy (non-hydrogen) atoms. The van der Waals surface area contributed by atoms with Gasteiger partial charge >= 0.3 is 6.09 Å². The fourth-order valence-electron chi connectivity index (χ4n) is 1.70. The van der Waals surface area contributed by atoms with Crippen molar-refractivity contribution >= 4 is 11.9 Å². The fourth-order valence-corrected chi connectivity index (χ4v) is 1.70. The number of carbonyl (C=O) groups is 2. The predicted molar refractivity (Wildman–Crippen MR) is 86.3 cm³/mol. The topological polar surface area (TPSA) is 55.4 Å². The molecular formula is C18H23NO3. The van der Waals surface area contributed by atoms with Crippen LogP contribution in [0.3, 0.4) is 0 Å². The van der Waals surface area contributed by atoms with E-state index in [1.54, 1.807) is 20.8 Å². The Morgan fingerprint density at radius 1 is 1.14 bits per heavy atom. The molecule has 0 saturated heterocycles. The summed E-state index contributed by atoms with van der Waals surface area (Å²) in [6, 6.07) is 8.55. The molecule has 1 N–H and O–H groups in total. The third-order valence-corrected chi connectivity index (χ3v) is 2.73. The van der Waals surface area contributed by atoms with Gasteiger partial charge in [0.2, 0.25) is 5.78 Å². The van der Waals surface area contributed by atoms with E-state index in [-0.39, 0.29) is 11.7 Å². The number of Topliss-reactive ketones (excluding diaryl/α,β-unsaturated/α-hetero) is 1. The smallest absolute Gasteiger partial charge is 0.408 e. The molecule has 0 radical (unpaired) electrons. The second kappa shape index (κ2) is 7.65. The fraction of sp³-hybridized carbons (Fsp3) is 0.444. The van der Waals surface area contributed by atoms with Crippen molar-refractivity contribution in [3.63, 3.8) is 0 Å². The molecule has 0 bridgehead atoms. The summed E-state index contributed by atoms with van der Waals surface area (Å²) in [5.74, 6) is 4.99. The lowest BCUT2D eigenvalue weighted by Gasteiger charge is -2.23. The zero-order valence-corrected chi connectivity index (χ0v) is 13.8. The van der Waals surface area contributed by atoms with Crippen molar-refractivity contribution in [3.05, 3.63) is 35.9 Å². The Morgan fingerprint density at radius 3 is 2.23 bits per heavy atom. The number of ether oxygens (including phenoxy) is 1. The van der Waals surface area contributed by atoms with Crippen molar-refractivity contribution in [1.29, 1.82) is 0 Å². The molecule has 0 aliphatic carbocycles. The summed E-state index contributed by atoms with van der Waals surface area (Å²) in [5, 5.41) is 2.60.